The molecule has 1 heterocycles. The molecule has 0 aromatic heterocycles. The third-order valence-electron chi connectivity index (χ3n) is 3.27. The van der Waals surface area contributed by atoms with Gasteiger partial charge in [0.05, 0.1) is 4.90 Å². The highest BCUT2D eigenvalue weighted by molar-refractivity contribution is 7.89. The molecule has 0 bridgehead atoms. The van der Waals surface area contributed by atoms with E-state index in [0.29, 0.717) is 10.9 Å². The Bertz CT molecular complexity index is 540. The maximum Gasteiger partial charge on any atom is 0.240 e. The van der Waals surface area contributed by atoms with E-state index in [0.717, 1.165) is 25.3 Å². The van der Waals surface area contributed by atoms with Gasteiger partial charge in [0.15, 0.2) is 0 Å². The second-order valence-electron chi connectivity index (χ2n) is 5.57. The van der Waals surface area contributed by atoms with Gasteiger partial charge in [0.1, 0.15) is 0 Å². The van der Waals surface area contributed by atoms with Crippen molar-refractivity contribution in [3.8, 4) is 0 Å². The molecule has 0 aliphatic carbocycles. The zero-order valence-electron chi connectivity index (χ0n) is 12.3. The van der Waals surface area contributed by atoms with Gasteiger partial charge in [-0.2, -0.15) is 0 Å². The Balaban J connectivity index is 2.14. The normalized spacial score (nSPS) is 20.4. The summed E-state index contributed by atoms with van der Waals surface area (Å²) in [4.78, 5) is 2.59. The van der Waals surface area contributed by atoms with Crippen LogP contribution in [-0.4, -0.2) is 40.1 Å². The molecule has 2 N–H and O–H groups in total. The van der Waals surface area contributed by atoms with Crippen LogP contribution in [0.3, 0.4) is 0 Å². The van der Waals surface area contributed by atoms with Crippen LogP contribution in [0.2, 0.25) is 0 Å². The molecule has 1 fully saturated rings. The third-order valence-corrected chi connectivity index (χ3v) is 4.95. The molecule has 20 heavy (non-hydrogen) atoms. The Morgan fingerprint density at radius 3 is 2.50 bits per heavy atom. The second-order valence-corrected chi connectivity index (χ2v) is 7.29. The highest BCUT2D eigenvalue weighted by Gasteiger charge is 2.18. The summed E-state index contributed by atoms with van der Waals surface area (Å²) in [5, 5.41) is 3.39. The summed E-state index contributed by atoms with van der Waals surface area (Å²) >= 11 is 0. The van der Waals surface area contributed by atoms with Crippen LogP contribution in [0.4, 0.5) is 5.69 Å². The van der Waals surface area contributed by atoms with Gasteiger partial charge in [-0.3, -0.25) is 0 Å². The van der Waals surface area contributed by atoms with Gasteiger partial charge in [-0.15, -0.1) is 0 Å². The van der Waals surface area contributed by atoms with Gasteiger partial charge in [0, 0.05) is 37.4 Å². The van der Waals surface area contributed by atoms with Crippen molar-refractivity contribution in [1.29, 1.82) is 0 Å². The summed E-state index contributed by atoms with van der Waals surface area (Å²) in [6, 6.07) is 7.46. The number of piperazine rings is 1. The molecule has 1 aliphatic rings. The van der Waals surface area contributed by atoms with Crippen molar-refractivity contribution < 1.29 is 8.42 Å². The Kier molecular flexibility index (Phi) is 4.67. The smallest absolute Gasteiger partial charge is 0.240 e. The maximum atomic E-state index is 12.0. The van der Waals surface area contributed by atoms with E-state index < -0.39 is 10.0 Å². The lowest BCUT2D eigenvalue weighted by molar-refractivity contribution is 0.485. The highest BCUT2D eigenvalue weighted by atomic mass is 32.2. The van der Waals surface area contributed by atoms with Crippen LogP contribution < -0.4 is 14.9 Å². The van der Waals surface area contributed by atoms with Gasteiger partial charge < -0.3 is 10.2 Å². The van der Waals surface area contributed by atoms with E-state index in [4.69, 9.17) is 0 Å². The molecule has 0 unspecified atom stereocenters. The Morgan fingerprint density at radius 2 is 1.95 bits per heavy atom. The average Bonchev–Trinajstić information content (AvgIpc) is 2.37. The van der Waals surface area contributed by atoms with E-state index in [1.54, 1.807) is 12.1 Å². The van der Waals surface area contributed by atoms with Crippen LogP contribution in [-0.2, 0) is 10.0 Å². The molecule has 0 amide bonds. The third kappa shape index (κ3) is 3.71. The van der Waals surface area contributed by atoms with Crippen LogP contribution in [0.15, 0.2) is 29.2 Å². The molecule has 1 aliphatic heterocycles. The predicted octanol–water partition coefficient (Wildman–Crippen LogP) is 1.17. The van der Waals surface area contributed by atoms with Gasteiger partial charge in [0.25, 0.3) is 0 Å². The molecule has 1 saturated heterocycles. The molecule has 0 radical (unpaired) electrons. The van der Waals surface area contributed by atoms with Gasteiger partial charge in [-0.25, -0.2) is 13.1 Å². The first kappa shape index (κ1) is 15.3. The van der Waals surface area contributed by atoms with Crippen LogP contribution in [0, 0.1) is 0 Å². The van der Waals surface area contributed by atoms with E-state index in [2.05, 4.69) is 21.9 Å². The van der Waals surface area contributed by atoms with Crippen molar-refractivity contribution in [3.05, 3.63) is 24.3 Å². The van der Waals surface area contributed by atoms with E-state index in [-0.39, 0.29) is 6.04 Å². The van der Waals surface area contributed by atoms with Crippen molar-refractivity contribution in [1.82, 2.24) is 10.0 Å². The molecular weight excluding hydrogens is 274 g/mol. The Labute approximate surface area is 121 Å². The first-order valence-electron chi connectivity index (χ1n) is 6.99. The first-order chi connectivity index (χ1) is 9.38. The minimum atomic E-state index is -3.40. The number of nitrogens with one attached hydrogen (secondary N) is 2. The molecule has 112 valence electrons. The van der Waals surface area contributed by atoms with Crippen LogP contribution in [0.25, 0.3) is 0 Å². The Hall–Kier alpha value is -1.11. The summed E-state index contributed by atoms with van der Waals surface area (Å²) < 4.78 is 26.7. The number of sulfonamides is 1. The molecule has 5 nitrogen and oxygen atoms in total. The molecule has 0 spiro atoms. The molecule has 1 aromatic rings. The van der Waals surface area contributed by atoms with Crippen molar-refractivity contribution in [3.63, 3.8) is 0 Å². The number of hydrogen-bond acceptors (Lipinski definition) is 4. The summed E-state index contributed by atoms with van der Waals surface area (Å²) in [6.45, 7) is 8.62. The summed E-state index contributed by atoms with van der Waals surface area (Å²) in [5.41, 5.74) is 1.07. The van der Waals surface area contributed by atoms with E-state index >= 15 is 0 Å². The molecule has 1 atom stereocenters. The maximum absolute atomic E-state index is 12.0. The van der Waals surface area contributed by atoms with Gasteiger partial charge in [-0.05, 0) is 45.0 Å². The Morgan fingerprint density at radius 1 is 1.30 bits per heavy atom. The second kappa shape index (κ2) is 6.11. The first-order valence-corrected chi connectivity index (χ1v) is 8.47. The molecule has 6 heteroatoms. The van der Waals surface area contributed by atoms with Crippen LogP contribution in [0.1, 0.15) is 20.8 Å². The lowest BCUT2D eigenvalue weighted by atomic mass is 10.2. The van der Waals surface area contributed by atoms with Crippen LogP contribution >= 0.6 is 0 Å². The molecule has 0 saturated carbocycles. The highest BCUT2D eigenvalue weighted by Crippen LogP contribution is 2.19. The van der Waals surface area contributed by atoms with Crippen molar-refractivity contribution in [2.24, 2.45) is 0 Å². The lowest BCUT2D eigenvalue weighted by Crippen LogP contribution is -2.49. The summed E-state index contributed by atoms with van der Waals surface area (Å²) in [7, 11) is -3.40. The SMILES string of the molecule is CC(C)NS(=O)(=O)c1ccc(N2CCN[C@@H](C)C2)cc1. The number of hydrogen-bond donors (Lipinski definition) is 2. The largest absolute Gasteiger partial charge is 0.369 e. The van der Waals surface area contributed by atoms with Crippen molar-refractivity contribution in [2.45, 2.75) is 37.8 Å². The number of rotatable bonds is 4. The minimum Gasteiger partial charge on any atom is -0.369 e. The van der Waals surface area contributed by atoms with Crippen molar-refractivity contribution in [2.75, 3.05) is 24.5 Å². The van der Waals surface area contributed by atoms with Crippen LogP contribution in [0.5, 0.6) is 0 Å². The van der Waals surface area contributed by atoms with E-state index in [1.807, 2.05) is 26.0 Å². The number of nitrogens with zero attached hydrogens (tertiary/aromatic N) is 1. The zero-order chi connectivity index (χ0) is 14.8. The topological polar surface area (TPSA) is 61.4 Å². The minimum absolute atomic E-state index is 0.103. The monoisotopic (exact) mass is 297 g/mol. The summed E-state index contributed by atoms with van der Waals surface area (Å²) in [6.07, 6.45) is 0. The fraction of sp³-hybridized carbons (Fsp3) is 0.571. The van der Waals surface area contributed by atoms with E-state index in [1.165, 1.54) is 0 Å². The lowest BCUT2D eigenvalue weighted by Gasteiger charge is -2.33. The fourth-order valence-electron chi connectivity index (χ4n) is 2.38. The van der Waals surface area contributed by atoms with Crippen molar-refractivity contribution >= 4 is 15.7 Å². The average molecular weight is 297 g/mol. The molecule has 2 rings (SSSR count). The standard InChI is InChI=1S/C14H23N3O2S/c1-11(2)16-20(18,19)14-6-4-13(5-7-14)17-9-8-15-12(3)10-17/h4-7,11-12,15-16H,8-10H2,1-3H3/t12-/m0/s1. The summed E-state index contributed by atoms with van der Waals surface area (Å²) in [5.74, 6) is 0. The number of benzene rings is 1. The number of anilines is 1. The fourth-order valence-corrected chi connectivity index (χ4v) is 3.63. The predicted molar refractivity (Wildman–Crippen MR) is 81.6 cm³/mol. The molecule has 1 aromatic carbocycles. The quantitative estimate of drug-likeness (QED) is 0.876. The van der Waals surface area contributed by atoms with Gasteiger partial charge >= 0.3 is 0 Å². The molecular formula is C14H23N3O2S. The van der Waals surface area contributed by atoms with E-state index in [9.17, 15) is 8.42 Å². The zero-order valence-corrected chi connectivity index (χ0v) is 13.1. The van der Waals surface area contributed by atoms with Gasteiger partial charge in [-0.1, -0.05) is 0 Å². The van der Waals surface area contributed by atoms with Gasteiger partial charge in [0.2, 0.25) is 10.0 Å².